The van der Waals surface area contributed by atoms with Crippen molar-refractivity contribution in [3.05, 3.63) is 60.2 Å². The summed E-state index contributed by atoms with van der Waals surface area (Å²) in [7, 11) is 1.49. The molecule has 2 aromatic rings. The molecular weight excluding hydrogens is 320 g/mol. The van der Waals surface area contributed by atoms with Crippen LogP contribution in [0.5, 0.6) is 5.75 Å². The Morgan fingerprint density at radius 2 is 1.88 bits per heavy atom. The fourth-order valence-corrected chi connectivity index (χ4v) is 2.68. The van der Waals surface area contributed by atoms with Gasteiger partial charge in [0, 0.05) is 12.7 Å². The summed E-state index contributed by atoms with van der Waals surface area (Å²) in [5.41, 5.74) is 1.86. The normalized spacial score (nSPS) is 16.6. The van der Waals surface area contributed by atoms with E-state index in [4.69, 9.17) is 9.47 Å². The summed E-state index contributed by atoms with van der Waals surface area (Å²) in [4.78, 5) is 25.0. The number of carbonyl (C=O) groups is 2. The first-order valence-corrected chi connectivity index (χ1v) is 8.11. The molecule has 0 aromatic heterocycles. The number of benzene rings is 2. The van der Waals surface area contributed by atoms with Gasteiger partial charge >= 0.3 is 6.09 Å². The molecule has 3 rings (SSSR count). The number of carbonyl (C=O) groups excluding carboxylic acids is 2. The summed E-state index contributed by atoms with van der Waals surface area (Å²) in [5.74, 6) is 0.671. The van der Waals surface area contributed by atoms with Gasteiger partial charge in [0.05, 0.1) is 13.0 Å². The topological polar surface area (TPSA) is 67.9 Å². The Balaban J connectivity index is 1.58. The average Bonchev–Trinajstić information content (AvgIpc) is 3.01. The van der Waals surface area contributed by atoms with E-state index in [9.17, 15) is 9.59 Å². The van der Waals surface area contributed by atoms with Crippen LogP contribution in [0.15, 0.2) is 54.6 Å². The number of ether oxygens (including phenoxy) is 2. The van der Waals surface area contributed by atoms with Crippen LogP contribution in [0.4, 0.5) is 10.5 Å². The molecule has 0 spiro atoms. The summed E-state index contributed by atoms with van der Waals surface area (Å²) >= 11 is 0. The Bertz CT molecular complexity index is 731. The first kappa shape index (κ1) is 16.8. The molecule has 25 heavy (non-hydrogen) atoms. The minimum Gasteiger partial charge on any atom is -0.489 e. The quantitative estimate of drug-likeness (QED) is 0.909. The van der Waals surface area contributed by atoms with E-state index in [2.05, 4.69) is 5.32 Å². The smallest absolute Gasteiger partial charge is 0.407 e. The van der Waals surface area contributed by atoms with Crippen LogP contribution in [0.25, 0.3) is 0 Å². The third-order valence-electron chi connectivity index (χ3n) is 3.96. The van der Waals surface area contributed by atoms with Gasteiger partial charge in [-0.15, -0.1) is 0 Å². The van der Waals surface area contributed by atoms with Crippen LogP contribution in [-0.4, -0.2) is 31.7 Å². The van der Waals surface area contributed by atoms with E-state index in [-0.39, 0.29) is 12.3 Å². The first-order chi connectivity index (χ1) is 12.2. The van der Waals surface area contributed by atoms with Crippen molar-refractivity contribution in [3.8, 4) is 5.75 Å². The molecule has 130 valence electrons. The summed E-state index contributed by atoms with van der Waals surface area (Å²) < 4.78 is 10.9. The zero-order chi connectivity index (χ0) is 17.6. The van der Waals surface area contributed by atoms with Gasteiger partial charge < -0.3 is 19.7 Å². The number of hydrogen-bond donors (Lipinski definition) is 1. The lowest BCUT2D eigenvalue weighted by Gasteiger charge is -2.17. The Kier molecular flexibility index (Phi) is 5.18. The maximum absolute atomic E-state index is 12.1. The minimum absolute atomic E-state index is 0.0631. The molecule has 1 aliphatic heterocycles. The third kappa shape index (κ3) is 4.29. The number of nitrogens with one attached hydrogen (secondary N) is 1. The van der Waals surface area contributed by atoms with Gasteiger partial charge in [0.15, 0.2) is 0 Å². The highest BCUT2D eigenvalue weighted by Gasteiger charge is 2.33. The zero-order valence-electron chi connectivity index (χ0n) is 14.0. The molecule has 1 saturated heterocycles. The average molecular weight is 340 g/mol. The largest absolute Gasteiger partial charge is 0.489 e. The van der Waals surface area contributed by atoms with E-state index in [1.807, 2.05) is 54.6 Å². The van der Waals surface area contributed by atoms with Gasteiger partial charge in [0.1, 0.15) is 18.5 Å². The van der Waals surface area contributed by atoms with Gasteiger partial charge in [0.25, 0.3) is 0 Å². The van der Waals surface area contributed by atoms with Crippen LogP contribution in [0.1, 0.15) is 12.0 Å². The van der Waals surface area contributed by atoms with E-state index in [0.29, 0.717) is 13.2 Å². The highest BCUT2D eigenvalue weighted by molar-refractivity contribution is 5.96. The van der Waals surface area contributed by atoms with Crippen molar-refractivity contribution < 1.29 is 19.1 Å². The van der Waals surface area contributed by atoms with Gasteiger partial charge in [0.2, 0.25) is 5.91 Å². The second-order valence-electron chi connectivity index (χ2n) is 5.75. The molecule has 0 radical (unpaired) electrons. The first-order valence-electron chi connectivity index (χ1n) is 8.11. The van der Waals surface area contributed by atoms with Crippen molar-refractivity contribution in [2.45, 2.75) is 19.1 Å². The molecule has 6 nitrogen and oxygen atoms in total. The van der Waals surface area contributed by atoms with Gasteiger partial charge in [-0.3, -0.25) is 4.79 Å². The fourth-order valence-electron chi connectivity index (χ4n) is 2.68. The minimum atomic E-state index is -0.524. The lowest BCUT2D eigenvalue weighted by atomic mass is 10.2. The highest BCUT2D eigenvalue weighted by Crippen LogP contribution is 2.25. The van der Waals surface area contributed by atoms with E-state index in [1.165, 1.54) is 7.05 Å². The predicted molar refractivity (Wildman–Crippen MR) is 93.5 cm³/mol. The predicted octanol–water partition coefficient (Wildman–Crippen LogP) is 2.73. The van der Waals surface area contributed by atoms with Crippen LogP contribution in [0, 0.1) is 0 Å². The second-order valence-corrected chi connectivity index (χ2v) is 5.75. The van der Waals surface area contributed by atoms with Crippen LogP contribution in [0.2, 0.25) is 0 Å². The van der Waals surface area contributed by atoms with Gasteiger partial charge in [-0.25, -0.2) is 4.79 Å². The number of amides is 2. The molecule has 2 aromatic carbocycles. The standard InChI is InChI=1S/C19H20N2O4/c1-20-19(23)25-17-11-18(22)21(12-17)15-7-9-16(10-8-15)24-13-14-5-3-2-4-6-14/h2-10,17H,11-13H2,1H3,(H,20,23)/t17-/m1/s1. The number of rotatable bonds is 5. The zero-order valence-corrected chi connectivity index (χ0v) is 14.0. The molecule has 2 amide bonds. The molecular formula is C19H20N2O4. The van der Waals surface area contributed by atoms with Gasteiger partial charge in [-0.05, 0) is 29.8 Å². The summed E-state index contributed by atoms with van der Waals surface area (Å²) in [5, 5.41) is 2.39. The molecule has 1 heterocycles. The number of anilines is 1. The second kappa shape index (κ2) is 7.70. The molecule has 0 unspecified atom stereocenters. The van der Waals surface area contributed by atoms with E-state index in [0.717, 1.165) is 17.0 Å². The molecule has 1 fully saturated rings. The van der Waals surface area contributed by atoms with Crippen LogP contribution < -0.4 is 15.0 Å². The fraction of sp³-hybridized carbons (Fsp3) is 0.263. The molecule has 0 aliphatic carbocycles. The highest BCUT2D eigenvalue weighted by atomic mass is 16.6. The maximum atomic E-state index is 12.1. The Morgan fingerprint density at radius 1 is 1.16 bits per heavy atom. The summed E-state index contributed by atoms with van der Waals surface area (Å²) in [6.07, 6.45) is -0.759. The van der Waals surface area contributed by atoms with Crippen molar-refractivity contribution in [1.82, 2.24) is 5.32 Å². The van der Waals surface area contributed by atoms with Gasteiger partial charge in [-0.2, -0.15) is 0 Å². The van der Waals surface area contributed by atoms with Crippen molar-refractivity contribution in [2.24, 2.45) is 0 Å². The third-order valence-corrected chi connectivity index (χ3v) is 3.96. The molecule has 0 saturated carbocycles. The molecule has 1 N–H and O–H groups in total. The molecule has 0 bridgehead atoms. The monoisotopic (exact) mass is 340 g/mol. The number of alkyl carbamates (subject to hydrolysis) is 1. The number of nitrogens with zero attached hydrogens (tertiary/aromatic N) is 1. The SMILES string of the molecule is CNC(=O)O[C@@H]1CC(=O)N(c2ccc(OCc3ccccc3)cc2)C1. The van der Waals surface area contributed by atoms with Crippen LogP contribution in [0.3, 0.4) is 0 Å². The molecule has 1 aliphatic rings. The van der Waals surface area contributed by atoms with Crippen molar-refractivity contribution in [2.75, 3.05) is 18.5 Å². The number of hydrogen-bond acceptors (Lipinski definition) is 4. The van der Waals surface area contributed by atoms with Crippen molar-refractivity contribution >= 4 is 17.7 Å². The molecule has 1 atom stereocenters. The lowest BCUT2D eigenvalue weighted by molar-refractivity contribution is -0.117. The summed E-state index contributed by atoms with van der Waals surface area (Å²) in [6.45, 7) is 0.849. The summed E-state index contributed by atoms with van der Waals surface area (Å²) in [6, 6.07) is 17.2. The van der Waals surface area contributed by atoms with Crippen LogP contribution >= 0.6 is 0 Å². The maximum Gasteiger partial charge on any atom is 0.407 e. The Hall–Kier alpha value is -3.02. The van der Waals surface area contributed by atoms with Crippen molar-refractivity contribution in [3.63, 3.8) is 0 Å². The Labute approximate surface area is 146 Å². The molecule has 6 heteroatoms. The lowest BCUT2D eigenvalue weighted by Crippen LogP contribution is -2.29. The Morgan fingerprint density at radius 3 is 2.56 bits per heavy atom. The van der Waals surface area contributed by atoms with E-state index >= 15 is 0 Å². The van der Waals surface area contributed by atoms with Crippen LogP contribution in [-0.2, 0) is 16.1 Å². The van der Waals surface area contributed by atoms with E-state index < -0.39 is 12.2 Å². The van der Waals surface area contributed by atoms with Gasteiger partial charge in [-0.1, -0.05) is 30.3 Å². The van der Waals surface area contributed by atoms with E-state index in [1.54, 1.807) is 4.90 Å². The van der Waals surface area contributed by atoms with Crippen molar-refractivity contribution in [1.29, 1.82) is 0 Å².